The van der Waals surface area contributed by atoms with Crippen molar-refractivity contribution in [1.82, 2.24) is 10.6 Å². The Balaban J connectivity index is 0.00000161. The van der Waals surface area contributed by atoms with Crippen LogP contribution in [0.1, 0.15) is 34.5 Å². The second-order valence-corrected chi connectivity index (χ2v) is 5.60. The second-order valence-electron chi connectivity index (χ2n) is 5.60. The minimum atomic E-state index is -0.120. The molecule has 1 saturated heterocycles. The number of piperidine rings is 1. The zero-order valence-corrected chi connectivity index (χ0v) is 13.2. The van der Waals surface area contributed by atoms with Crippen molar-refractivity contribution in [3.05, 3.63) is 35.1 Å². The molecule has 1 aliphatic rings. The number of benzene rings is 1. The molecule has 3 rings (SSSR count). The summed E-state index contributed by atoms with van der Waals surface area (Å²) >= 11 is 0. The minimum Gasteiger partial charge on any atom is -0.451 e. The molecule has 0 unspecified atom stereocenters. The SMILES string of the molecule is Cc1cc2cc(C(=O)N[C@H]3CCCNC3)oc2cc1C.Cl. The van der Waals surface area contributed by atoms with Gasteiger partial charge >= 0.3 is 0 Å². The van der Waals surface area contributed by atoms with Crippen LogP contribution in [0, 0.1) is 13.8 Å². The van der Waals surface area contributed by atoms with Crippen molar-refractivity contribution in [2.45, 2.75) is 32.7 Å². The predicted molar refractivity (Wildman–Crippen MR) is 86.3 cm³/mol. The lowest BCUT2D eigenvalue weighted by Crippen LogP contribution is -2.45. The van der Waals surface area contributed by atoms with E-state index < -0.39 is 0 Å². The van der Waals surface area contributed by atoms with E-state index in [9.17, 15) is 4.79 Å². The molecule has 114 valence electrons. The Morgan fingerprint density at radius 2 is 2.05 bits per heavy atom. The average molecular weight is 309 g/mol. The lowest BCUT2D eigenvalue weighted by molar-refractivity contribution is 0.0905. The van der Waals surface area contributed by atoms with Crippen LogP contribution < -0.4 is 10.6 Å². The summed E-state index contributed by atoms with van der Waals surface area (Å²) in [5.41, 5.74) is 3.16. The molecule has 0 aliphatic carbocycles. The number of hydrogen-bond donors (Lipinski definition) is 2. The third kappa shape index (κ3) is 3.39. The van der Waals surface area contributed by atoms with Crippen molar-refractivity contribution in [3.63, 3.8) is 0 Å². The van der Waals surface area contributed by atoms with E-state index in [0.29, 0.717) is 5.76 Å². The highest BCUT2D eigenvalue weighted by Crippen LogP contribution is 2.23. The number of hydrogen-bond acceptors (Lipinski definition) is 3. The van der Waals surface area contributed by atoms with Crippen molar-refractivity contribution in [3.8, 4) is 0 Å². The maximum atomic E-state index is 12.2. The lowest BCUT2D eigenvalue weighted by Gasteiger charge is -2.23. The minimum absolute atomic E-state index is 0. The van der Waals surface area contributed by atoms with E-state index in [-0.39, 0.29) is 24.4 Å². The normalized spacial score (nSPS) is 18.3. The standard InChI is InChI=1S/C16H20N2O2.ClH/c1-10-6-12-8-15(20-14(12)7-11(10)2)16(19)18-13-4-3-5-17-9-13;/h6-8,13,17H,3-5,9H2,1-2H3,(H,18,19);1H/t13-;/m0./s1. The molecule has 1 amide bonds. The Bertz CT molecular complexity index is 606. The highest BCUT2D eigenvalue weighted by atomic mass is 35.5. The third-order valence-corrected chi connectivity index (χ3v) is 3.99. The first-order chi connectivity index (χ1) is 9.63. The summed E-state index contributed by atoms with van der Waals surface area (Å²) in [7, 11) is 0. The predicted octanol–water partition coefficient (Wildman–Crippen LogP) is 2.95. The first-order valence-electron chi connectivity index (χ1n) is 7.16. The Kier molecular flexibility index (Phi) is 4.91. The average Bonchev–Trinajstić information content (AvgIpc) is 2.83. The van der Waals surface area contributed by atoms with Crippen LogP contribution in [-0.2, 0) is 0 Å². The topological polar surface area (TPSA) is 54.3 Å². The molecule has 5 heteroatoms. The van der Waals surface area contributed by atoms with Crippen molar-refractivity contribution in [2.24, 2.45) is 0 Å². The monoisotopic (exact) mass is 308 g/mol. The molecule has 2 aromatic rings. The second kappa shape index (κ2) is 6.50. The van der Waals surface area contributed by atoms with Crippen LogP contribution >= 0.6 is 12.4 Å². The molecule has 4 nitrogen and oxygen atoms in total. The van der Waals surface area contributed by atoms with Gasteiger partial charge in [0.15, 0.2) is 5.76 Å². The molecule has 0 saturated carbocycles. The maximum Gasteiger partial charge on any atom is 0.287 e. The first-order valence-corrected chi connectivity index (χ1v) is 7.16. The number of furan rings is 1. The quantitative estimate of drug-likeness (QED) is 0.897. The van der Waals surface area contributed by atoms with E-state index in [1.165, 1.54) is 11.1 Å². The van der Waals surface area contributed by atoms with Gasteiger partial charge < -0.3 is 15.1 Å². The van der Waals surface area contributed by atoms with Gasteiger partial charge in [-0.2, -0.15) is 0 Å². The van der Waals surface area contributed by atoms with Gasteiger partial charge in [0.05, 0.1) is 0 Å². The van der Waals surface area contributed by atoms with E-state index in [4.69, 9.17) is 4.42 Å². The van der Waals surface area contributed by atoms with E-state index in [0.717, 1.165) is 36.9 Å². The van der Waals surface area contributed by atoms with Gasteiger partial charge in [0.1, 0.15) is 5.58 Å². The fourth-order valence-electron chi connectivity index (χ4n) is 2.65. The Morgan fingerprint density at radius 1 is 1.29 bits per heavy atom. The summed E-state index contributed by atoms with van der Waals surface area (Å²) in [4.78, 5) is 12.2. The van der Waals surface area contributed by atoms with E-state index in [1.54, 1.807) is 0 Å². The zero-order valence-electron chi connectivity index (χ0n) is 12.4. The van der Waals surface area contributed by atoms with Crippen LogP contribution in [0.5, 0.6) is 0 Å². The van der Waals surface area contributed by atoms with Crippen molar-refractivity contribution in [1.29, 1.82) is 0 Å². The zero-order chi connectivity index (χ0) is 14.1. The van der Waals surface area contributed by atoms with Gasteiger partial charge in [0.2, 0.25) is 0 Å². The van der Waals surface area contributed by atoms with Gasteiger partial charge in [-0.25, -0.2) is 0 Å². The molecule has 1 fully saturated rings. The smallest absolute Gasteiger partial charge is 0.287 e. The Labute approximate surface area is 130 Å². The van der Waals surface area contributed by atoms with Gasteiger partial charge in [-0.15, -0.1) is 12.4 Å². The fraction of sp³-hybridized carbons (Fsp3) is 0.438. The van der Waals surface area contributed by atoms with Crippen LogP contribution in [0.3, 0.4) is 0 Å². The maximum absolute atomic E-state index is 12.2. The number of amides is 1. The summed E-state index contributed by atoms with van der Waals surface area (Å²) < 4.78 is 5.67. The lowest BCUT2D eigenvalue weighted by atomic mass is 10.1. The Hall–Kier alpha value is -1.52. The number of rotatable bonds is 2. The number of nitrogens with one attached hydrogen (secondary N) is 2. The van der Waals surface area contributed by atoms with Crippen LogP contribution in [-0.4, -0.2) is 25.0 Å². The highest BCUT2D eigenvalue weighted by Gasteiger charge is 2.19. The van der Waals surface area contributed by atoms with Gasteiger partial charge in [-0.3, -0.25) is 4.79 Å². The number of halogens is 1. The van der Waals surface area contributed by atoms with Crippen molar-refractivity contribution < 1.29 is 9.21 Å². The molecule has 0 spiro atoms. The summed E-state index contributed by atoms with van der Waals surface area (Å²) in [5.74, 6) is 0.278. The van der Waals surface area contributed by atoms with Crippen LogP contribution in [0.15, 0.2) is 22.6 Å². The fourth-order valence-corrected chi connectivity index (χ4v) is 2.65. The molecule has 2 heterocycles. The van der Waals surface area contributed by atoms with Gasteiger partial charge in [0.25, 0.3) is 5.91 Å². The molecule has 2 N–H and O–H groups in total. The molecule has 1 aliphatic heterocycles. The van der Waals surface area contributed by atoms with Crippen molar-refractivity contribution in [2.75, 3.05) is 13.1 Å². The molecule has 0 bridgehead atoms. The number of carbonyl (C=O) groups excluding carboxylic acids is 1. The van der Waals surface area contributed by atoms with E-state index in [2.05, 4.69) is 23.6 Å². The van der Waals surface area contributed by atoms with Crippen LogP contribution in [0.25, 0.3) is 11.0 Å². The summed E-state index contributed by atoms with van der Waals surface area (Å²) in [6, 6.07) is 6.08. The van der Waals surface area contributed by atoms with E-state index >= 15 is 0 Å². The molecule has 21 heavy (non-hydrogen) atoms. The van der Waals surface area contributed by atoms with E-state index in [1.807, 2.05) is 19.1 Å². The van der Waals surface area contributed by atoms with Crippen molar-refractivity contribution >= 4 is 29.3 Å². The third-order valence-electron chi connectivity index (χ3n) is 3.99. The molecule has 1 aromatic carbocycles. The van der Waals surface area contributed by atoms with Gasteiger partial charge in [-0.05, 0) is 62.6 Å². The summed E-state index contributed by atoms with van der Waals surface area (Å²) in [5, 5.41) is 7.30. The Morgan fingerprint density at radius 3 is 2.76 bits per heavy atom. The van der Waals surface area contributed by atoms with Gasteiger partial charge in [0, 0.05) is 18.0 Å². The van der Waals surface area contributed by atoms with Gasteiger partial charge in [-0.1, -0.05) is 0 Å². The van der Waals surface area contributed by atoms with Crippen LogP contribution in [0.2, 0.25) is 0 Å². The molecular formula is C16H21ClN2O2. The number of aryl methyl sites for hydroxylation is 2. The summed E-state index contributed by atoms with van der Waals surface area (Å²) in [6.07, 6.45) is 2.13. The number of fused-ring (bicyclic) bond motifs is 1. The molecule has 0 radical (unpaired) electrons. The first kappa shape index (κ1) is 15.9. The molecular weight excluding hydrogens is 288 g/mol. The highest BCUT2D eigenvalue weighted by molar-refractivity contribution is 5.96. The largest absolute Gasteiger partial charge is 0.451 e. The van der Waals surface area contributed by atoms with Crippen LogP contribution in [0.4, 0.5) is 0 Å². The number of carbonyl (C=O) groups is 1. The molecule has 1 aromatic heterocycles. The molecule has 1 atom stereocenters. The summed E-state index contributed by atoms with van der Waals surface area (Å²) in [6.45, 7) is 5.99.